The van der Waals surface area contributed by atoms with Gasteiger partial charge in [0, 0.05) is 23.5 Å². The third kappa shape index (κ3) is 2.52. The predicted octanol–water partition coefficient (Wildman–Crippen LogP) is 2.68. The molecule has 0 radical (unpaired) electrons. The van der Waals surface area contributed by atoms with Crippen molar-refractivity contribution in [3.63, 3.8) is 0 Å². The Morgan fingerprint density at radius 2 is 1.73 bits per heavy atom. The van der Waals surface area contributed by atoms with E-state index in [1.807, 2.05) is 31.2 Å². The first-order valence-corrected chi connectivity index (χ1v) is 8.98. The Kier molecular flexibility index (Phi) is 3.53. The molecule has 1 atom stereocenters. The number of sulfone groups is 1. The average molecular weight is 315 g/mol. The number of nitrogens with zero attached hydrogens (tertiary/aromatic N) is 1. The molecule has 0 spiro atoms. The summed E-state index contributed by atoms with van der Waals surface area (Å²) in [5, 5.41) is 0. The highest BCUT2D eigenvalue weighted by Gasteiger charge is 2.31. The van der Waals surface area contributed by atoms with E-state index in [0.717, 1.165) is 23.9 Å². The molecule has 1 heterocycles. The Balaban J connectivity index is 1.95. The molecular formula is C17H17NO3S. The van der Waals surface area contributed by atoms with Crippen LogP contribution in [-0.4, -0.2) is 26.6 Å². The van der Waals surface area contributed by atoms with Gasteiger partial charge in [-0.25, -0.2) is 8.42 Å². The van der Waals surface area contributed by atoms with E-state index < -0.39 is 9.84 Å². The van der Waals surface area contributed by atoms with E-state index >= 15 is 0 Å². The summed E-state index contributed by atoms with van der Waals surface area (Å²) < 4.78 is 23.0. The molecule has 4 nitrogen and oxygen atoms in total. The minimum Gasteiger partial charge on any atom is -0.305 e. The second kappa shape index (κ2) is 5.25. The van der Waals surface area contributed by atoms with Crippen molar-refractivity contribution in [1.29, 1.82) is 0 Å². The lowest BCUT2D eigenvalue weighted by Gasteiger charge is -2.22. The first-order valence-electron chi connectivity index (χ1n) is 7.09. The molecular weight excluding hydrogens is 298 g/mol. The normalized spacial score (nSPS) is 17.4. The number of carbonyl (C=O) groups excluding carboxylic acids is 1. The van der Waals surface area contributed by atoms with Crippen LogP contribution in [0.3, 0.4) is 0 Å². The third-order valence-electron chi connectivity index (χ3n) is 3.96. The fourth-order valence-electron chi connectivity index (χ4n) is 2.86. The molecule has 1 aliphatic heterocycles. The Labute approximate surface area is 130 Å². The van der Waals surface area contributed by atoms with Gasteiger partial charge in [0.1, 0.15) is 0 Å². The molecule has 0 saturated heterocycles. The first kappa shape index (κ1) is 14.8. The second-order valence-electron chi connectivity index (χ2n) is 5.65. The maximum Gasteiger partial charge on any atom is 0.258 e. The molecule has 3 rings (SSSR count). The zero-order chi connectivity index (χ0) is 15.9. The Hall–Kier alpha value is -2.14. The smallest absolute Gasteiger partial charge is 0.258 e. The number of amides is 1. The monoisotopic (exact) mass is 315 g/mol. The molecule has 2 aromatic carbocycles. The fraction of sp³-hybridized carbons (Fsp3) is 0.235. The molecule has 2 aromatic rings. The zero-order valence-electron chi connectivity index (χ0n) is 12.5. The van der Waals surface area contributed by atoms with Crippen molar-refractivity contribution in [1.82, 2.24) is 0 Å². The lowest BCUT2D eigenvalue weighted by atomic mass is 10.1. The molecule has 0 aromatic heterocycles. The van der Waals surface area contributed by atoms with Crippen molar-refractivity contribution in [2.45, 2.75) is 24.3 Å². The van der Waals surface area contributed by atoms with Crippen molar-refractivity contribution < 1.29 is 13.2 Å². The molecule has 0 fully saturated rings. The van der Waals surface area contributed by atoms with Crippen LogP contribution in [-0.2, 0) is 16.3 Å². The van der Waals surface area contributed by atoms with E-state index in [4.69, 9.17) is 0 Å². The summed E-state index contributed by atoms with van der Waals surface area (Å²) in [6, 6.07) is 14.1. The highest BCUT2D eigenvalue weighted by Crippen LogP contribution is 2.33. The van der Waals surface area contributed by atoms with Gasteiger partial charge in [-0.1, -0.05) is 18.2 Å². The quantitative estimate of drug-likeness (QED) is 0.856. The summed E-state index contributed by atoms with van der Waals surface area (Å²) in [6.07, 6.45) is 1.99. The van der Waals surface area contributed by atoms with Crippen LogP contribution in [0.15, 0.2) is 53.4 Å². The molecule has 1 aliphatic rings. The largest absolute Gasteiger partial charge is 0.305 e. The van der Waals surface area contributed by atoms with Crippen molar-refractivity contribution >= 4 is 21.4 Å². The summed E-state index contributed by atoms with van der Waals surface area (Å²) in [5.41, 5.74) is 2.60. The summed E-state index contributed by atoms with van der Waals surface area (Å²) >= 11 is 0. The lowest BCUT2D eigenvalue weighted by molar-refractivity contribution is 0.0981. The summed E-state index contributed by atoms with van der Waals surface area (Å²) in [5.74, 6) is -0.0995. The van der Waals surface area contributed by atoms with Gasteiger partial charge in [-0.3, -0.25) is 4.79 Å². The Morgan fingerprint density at radius 3 is 2.36 bits per heavy atom. The summed E-state index contributed by atoms with van der Waals surface area (Å²) in [4.78, 5) is 14.8. The van der Waals surface area contributed by atoms with Gasteiger partial charge in [-0.05, 0) is 49.2 Å². The van der Waals surface area contributed by atoms with Gasteiger partial charge >= 0.3 is 0 Å². The maximum absolute atomic E-state index is 12.8. The van der Waals surface area contributed by atoms with Crippen LogP contribution in [0.1, 0.15) is 22.8 Å². The van der Waals surface area contributed by atoms with Gasteiger partial charge < -0.3 is 4.90 Å². The maximum atomic E-state index is 12.8. The number of rotatable bonds is 2. The molecule has 0 saturated carbocycles. The molecule has 114 valence electrons. The summed E-state index contributed by atoms with van der Waals surface area (Å²) in [6.45, 7) is 2.02. The zero-order valence-corrected chi connectivity index (χ0v) is 13.3. The van der Waals surface area contributed by atoms with Crippen LogP contribution < -0.4 is 4.90 Å². The van der Waals surface area contributed by atoms with E-state index in [1.54, 1.807) is 17.0 Å². The minimum absolute atomic E-state index is 0.0967. The highest BCUT2D eigenvalue weighted by molar-refractivity contribution is 7.90. The number of fused-ring (bicyclic) bond motifs is 1. The topological polar surface area (TPSA) is 54.5 Å². The number of carbonyl (C=O) groups is 1. The van der Waals surface area contributed by atoms with Crippen LogP contribution >= 0.6 is 0 Å². The first-order chi connectivity index (χ1) is 10.4. The van der Waals surface area contributed by atoms with E-state index in [-0.39, 0.29) is 16.8 Å². The van der Waals surface area contributed by atoms with Crippen molar-refractivity contribution in [2.75, 3.05) is 11.2 Å². The Bertz CT molecular complexity index is 825. The van der Waals surface area contributed by atoms with E-state index in [1.165, 1.54) is 12.1 Å². The average Bonchev–Trinajstić information content (AvgIpc) is 2.81. The fourth-order valence-corrected chi connectivity index (χ4v) is 3.49. The van der Waals surface area contributed by atoms with Crippen LogP contribution in [0.5, 0.6) is 0 Å². The van der Waals surface area contributed by atoms with Gasteiger partial charge in [0.05, 0.1) is 4.90 Å². The number of para-hydroxylation sites is 1. The molecule has 5 heteroatoms. The van der Waals surface area contributed by atoms with Crippen LogP contribution in [0.2, 0.25) is 0 Å². The van der Waals surface area contributed by atoms with Gasteiger partial charge in [0.2, 0.25) is 0 Å². The van der Waals surface area contributed by atoms with Crippen LogP contribution in [0, 0.1) is 0 Å². The SMILES string of the molecule is CC1Cc2ccccc2N1C(=O)c1ccc(S(C)(=O)=O)cc1. The molecule has 1 unspecified atom stereocenters. The third-order valence-corrected chi connectivity index (χ3v) is 5.08. The lowest BCUT2D eigenvalue weighted by Crippen LogP contribution is -2.35. The Morgan fingerprint density at radius 1 is 1.09 bits per heavy atom. The van der Waals surface area contributed by atoms with E-state index in [2.05, 4.69) is 0 Å². The molecule has 1 amide bonds. The van der Waals surface area contributed by atoms with Crippen molar-refractivity contribution in [3.05, 3.63) is 59.7 Å². The number of benzene rings is 2. The summed E-state index contributed by atoms with van der Waals surface area (Å²) in [7, 11) is -3.25. The van der Waals surface area contributed by atoms with Gasteiger partial charge in [-0.2, -0.15) is 0 Å². The van der Waals surface area contributed by atoms with E-state index in [0.29, 0.717) is 5.56 Å². The second-order valence-corrected chi connectivity index (χ2v) is 7.67. The highest BCUT2D eigenvalue weighted by atomic mass is 32.2. The van der Waals surface area contributed by atoms with Crippen LogP contribution in [0.4, 0.5) is 5.69 Å². The standard InChI is InChI=1S/C17H17NO3S/c1-12-11-14-5-3-4-6-16(14)18(12)17(19)13-7-9-15(10-8-13)22(2,20)21/h3-10,12H,11H2,1-2H3. The van der Waals surface area contributed by atoms with Crippen molar-refractivity contribution in [2.24, 2.45) is 0 Å². The number of hydrogen-bond donors (Lipinski definition) is 0. The van der Waals surface area contributed by atoms with Gasteiger partial charge in [-0.15, -0.1) is 0 Å². The molecule has 0 aliphatic carbocycles. The molecule has 22 heavy (non-hydrogen) atoms. The minimum atomic E-state index is -3.25. The van der Waals surface area contributed by atoms with Crippen LogP contribution in [0.25, 0.3) is 0 Å². The van der Waals surface area contributed by atoms with Gasteiger partial charge in [0.25, 0.3) is 5.91 Å². The molecule has 0 bridgehead atoms. The van der Waals surface area contributed by atoms with E-state index in [9.17, 15) is 13.2 Å². The number of hydrogen-bond acceptors (Lipinski definition) is 3. The predicted molar refractivity (Wildman–Crippen MR) is 86.0 cm³/mol. The van der Waals surface area contributed by atoms with Crippen molar-refractivity contribution in [3.8, 4) is 0 Å². The molecule has 0 N–H and O–H groups in total. The number of anilines is 1. The van der Waals surface area contributed by atoms with Gasteiger partial charge in [0.15, 0.2) is 9.84 Å².